The molecule has 132 valence electrons. The molecule has 0 aromatic heterocycles. The van der Waals surface area contributed by atoms with E-state index in [0.717, 1.165) is 19.3 Å². The van der Waals surface area contributed by atoms with Gasteiger partial charge in [0.2, 0.25) is 0 Å². The summed E-state index contributed by atoms with van der Waals surface area (Å²) in [5, 5.41) is 38.4. The molecule has 0 saturated carbocycles. The van der Waals surface area contributed by atoms with Gasteiger partial charge in [0.25, 0.3) is 0 Å². The van der Waals surface area contributed by atoms with E-state index in [1.54, 1.807) is 0 Å². The van der Waals surface area contributed by atoms with Gasteiger partial charge in [-0.25, -0.2) is 4.39 Å². The Morgan fingerprint density at radius 3 is 2.45 bits per heavy atom. The molecule has 0 spiro atoms. The SMILES string of the molecule is CCCCC[C@H](OCCF)O[C@@H]1O[C@H](CO)[C@@H](O)[C@H](O)[C@H]1O. The van der Waals surface area contributed by atoms with Gasteiger partial charge in [0.1, 0.15) is 31.1 Å². The van der Waals surface area contributed by atoms with E-state index < -0.39 is 50.3 Å². The van der Waals surface area contributed by atoms with Crippen LogP contribution in [0.5, 0.6) is 0 Å². The van der Waals surface area contributed by atoms with Crippen LogP contribution in [0.1, 0.15) is 32.6 Å². The molecule has 0 amide bonds. The second-order valence-corrected chi connectivity index (χ2v) is 5.32. The maximum Gasteiger partial charge on any atom is 0.189 e. The summed E-state index contributed by atoms with van der Waals surface area (Å²) in [5.74, 6) is 0. The number of ether oxygens (including phenoxy) is 3. The lowest BCUT2D eigenvalue weighted by Gasteiger charge is -2.40. The molecular weight excluding hydrogens is 299 g/mol. The summed E-state index contributed by atoms with van der Waals surface area (Å²) in [5.41, 5.74) is 0. The number of hydrogen-bond acceptors (Lipinski definition) is 7. The normalized spacial score (nSPS) is 33.8. The standard InChI is InChI=1S/C14H27FO7/c1-2-3-4-5-10(20-7-6-15)22-14-13(19)12(18)11(17)9(8-16)21-14/h9-14,16-19H,2-8H2,1H3/t9-,10-,11-,12+,13-,14+/m1/s1. The Bertz CT molecular complexity index is 292. The second kappa shape index (κ2) is 10.4. The van der Waals surface area contributed by atoms with E-state index in [1.807, 2.05) is 6.92 Å². The molecule has 0 bridgehead atoms. The molecule has 0 unspecified atom stereocenters. The minimum absolute atomic E-state index is 0.145. The van der Waals surface area contributed by atoms with Crippen molar-refractivity contribution in [1.82, 2.24) is 0 Å². The van der Waals surface area contributed by atoms with Crippen molar-refractivity contribution < 1.29 is 39.0 Å². The Balaban J connectivity index is 2.60. The first kappa shape index (κ1) is 19.7. The van der Waals surface area contributed by atoms with Crippen molar-refractivity contribution in [2.24, 2.45) is 0 Å². The largest absolute Gasteiger partial charge is 0.394 e. The van der Waals surface area contributed by atoms with Crippen molar-refractivity contribution in [2.75, 3.05) is 19.9 Å². The molecule has 6 atom stereocenters. The average Bonchev–Trinajstić information content (AvgIpc) is 2.52. The van der Waals surface area contributed by atoms with Gasteiger partial charge in [-0.15, -0.1) is 0 Å². The smallest absolute Gasteiger partial charge is 0.189 e. The van der Waals surface area contributed by atoms with Gasteiger partial charge in [0.05, 0.1) is 13.2 Å². The predicted molar refractivity (Wildman–Crippen MR) is 74.7 cm³/mol. The quantitative estimate of drug-likeness (QED) is 0.322. The van der Waals surface area contributed by atoms with Gasteiger partial charge < -0.3 is 34.6 Å². The van der Waals surface area contributed by atoms with E-state index in [4.69, 9.17) is 19.3 Å². The van der Waals surface area contributed by atoms with Crippen molar-refractivity contribution in [3.63, 3.8) is 0 Å². The predicted octanol–water partition coefficient (Wildman–Crippen LogP) is -0.305. The fourth-order valence-electron chi connectivity index (χ4n) is 2.26. The van der Waals surface area contributed by atoms with E-state index in [1.165, 1.54) is 0 Å². The van der Waals surface area contributed by atoms with Crippen molar-refractivity contribution in [3.05, 3.63) is 0 Å². The first-order valence-corrected chi connectivity index (χ1v) is 7.68. The van der Waals surface area contributed by atoms with Gasteiger partial charge in [-0.2, -0.15) is 0 Å². The number of unbranched alkanes of at least 4 members (excludes halogenated alkanes) is 2. The van der Waals surface area contributed by atoms with Crippen LogP contribution in [0, 0.1) is 0 Å². The summed E-state index contributed by atoms with van der Waals surface area (Å²) < 4.78 is 28.2. The van der Waals surface area contributed by atoms with E-state index in [-0.39, 0.29) is 6.61 Å². The van der Waals surface area contributed by atoms with Crippen molar-refractivity contribution >= 4 is 0 Å². The summed E-state index contributed by atoms with van der Waals surface area (Å²) in [6.45, 7) is 0.697. The Hall–Kier alpha value is -0.350. The highest BCUT2D eigenvalue weighted by Crippen LogP contribution is 2.24. The highest BCUT2D eigenvalue weighted by Gasteiger charge is 2.44. The fraction of sp³-hybridized carbons (Fsp3) is 1.00. The van der Waals surface area contributed by atoms with Gasteiger partial charge in [-0.1, -0.05) is 19.8 Å². The molecule has 0 aromatic carbocycles. The van der Waals surface area contributed by atoms with Gasteiger partial charge in [-0.05, 0) is 12.8 Å². The van der Waals surface area contributed by atoms with Gasteiger partial charge in [0.15, 0.2) is 12.6 Å². The van der Waals surface area contributed by atoms with E-state index in [0.29, 0.717) is 6.42 Å². The van der Waals surface area contributed by atoms with Crippen LogP contribution in [0.4, 0.5) is 4.39 Å². The van der Waals surface area contributed by atoms with E-state index in [2.05, 4.69) is 0 Å². The Morgan fingerprint density at radius 2 is 1.86 bits per heavy atom. The van der Waals surface area contributed by atoms with Gasteiger partial charge in [-0.3, -0.25) is 0 Å². The maximum atomic E-state index is 12.3. The van der Waals surface area contributed by atoms with E-state index in [9.17, 15) is 19.7 Å². The van der Waals surface area contributed by atoms with Crippen LogP contribution < -0.4 is 0 Å². The molecule has 22 heavy (non-hydrogen) atoms. The summed E-state index contributed by atoms with van der Waals surface area (Å²) in [6.07, 6.45) is -4.29. The third kappa shape index (κ3) is 5.69. The van der Waals surface area contributed by atoms with Crippen LogP contribution in [0.15, 0.2) is 0 Å². The van der Waals surface area contributed by atoms with Gasteiger partial charge >= 0.3 is 0 Å². The lowest BCUT2D eigenvalue weighted by atomic mass is 9.99. The zero-order valence-electron chi connectivity index (χ0n) is 12.8. The highest BCUT2D eigenvalue weighted by molar-refractivity contribution is 4.89. The lowest BCUT2D eigenvalue weighted by molar-refractivity contribution is -0.338. The fourth-order valence-corrected chi connectivity index (χ4v) is 2.26. The molecule has 8 heteroatoms. The number of halogens is 1. The van der Waals surface area contributed by atoms with E-state index >= 15 is 0 Å². The van der Waals surface area contributed by atoms with Crippen molar-refractivity contribution in [1.29, 1.82) is 0 Å². The van der Waals surface area contributed by atoms with Crippen LogP contribution in [-0.2, 0) is 14.2 Å². The molecule has 1 rings (SSSR count). The summed E-state index contributed by atoms with van der Waals surface area (Å²) in [6, 6.07) is 0. The molecule has 0 radical (unpaired) electrons. The number of hydrogen-bond donors (Lipinski definition) is 4. The highest BCUT2D eigenvalue weighted by atomic mass is 19.1. The monoisotopic (exact) mass is 326 g/mol. The zero-order valence-corrected chi connectivity index (χ0v) is 12.8. The number of rotatable bonds is 10. The van der Waals surface area contributed by atoms with Crippen LogP contribution in [0.2, 0.25) is 0 Å². The molecule has 1 aliphatic rings. The third-order valence-corrected chi connectivity index (χ3v) is 3.56. The maximum absolute atomic E-state index is 12.3. The molecule has 0 aliphatic carbocycles. The Morgan fingerprint density at radius 1 is 1.14 bits per heavy atom. The molecular formula is C14H27FO7. The van der Waals surface area contributed by atoms with Crippen LogP contribution in [0.3, 0.4) is 0 Å². The summed E-state index contributed by atoms with van der Waals surface area (Å²) >= 11 is 0. The molecule has 1 heterocycles. The topological polar surface area (TPSA) is 109 Å². The zero-order chi connectivity index (χ0) is 16.5. The van der Waals surface area contributed by atoms with Crippen molar-refractivity contribution in [2.45, 2.75) is 69.6 Å². The number of aliphatic hydroxyl groups excluding tert-OH is 4. The van der Waals surface area contributed by atoms with Gasteiger partial charge in [0, 0.05) is 0 Å². The van der Waals surface area contributed by atoms with Crippen molar-refractivity contribution in [3.8, 4) is 0 Å². The molecule has 1 fully saturated rings. The molecule has 1 saturated heterocycles. The van der Waals surface area contributed by atoms with Crippen LogP contribution in [-0.4, -0.2) is 77.3 Å². The Labute approximate surface area is 129 Å². The third-order valence-electron chi connectivity index (χ3n) is 3.56. The average molecular weight is 326 g/mol. The molecule has 0 aromatic rings. The first-order valence-electron chi connectivity index (χ1n) is 7.68. The van der Waals surface area contributed by atoms with Crippen LogP contribution in [0.25, 0.3) is 0 Å². The van der Waals surface area contributed by atoms with Crippen LogP contribution >= 0.6 is 0 Å². The molecule has 7 nitrogen and oxygen atoms in total. The minimum Gasteiger partial charge on any atom is -0.394 e. The summed E-state index contributed by atoms with van der Waals surface area (Å²) in [4.78, 5) is 0. The molecule has 1 aliphatic heterocycles. The summed E-state index contributed by atoms with van der Waals surface area (Å²) in [7, 11) is 0. The second-order valence-electron chi connectivity index (χ2n) is 5.32. The molecule has 4 N–H and O–H groups in total. The first-order chi connectivity index (χ1) is 10.5. The number of aliphatic hydroxyl groups is 4. The Kier molecular flexibility index (Phi) is 9.34. The number of alkyl halides is 1. The minimum atomic E-state index is -1.51. The lowest BCUT2D eigenvalue weighted by Crippen LogP contribution is -2.59.